The molecule has 9 nitrogen and oxygen atoms in total. The standard InChI is InChI=1S/C32H31Cl2N7O2/c33-23-17-36-18-24(34)30(23)32(42)38-16-21-5-3-6-22(15-21)20-41(27-10-14-43-28-9-4-11-37-31(27)28)13-12-35-19-29-39-25-7-1-2-8-26(25)40-29/h1-9,11,15,17-18,27,35H,10,12-14,16,19-20H2,(H,38,42)(H,39,40). The molecule has 11 heteroatoms. The van der Waals surface area contributed by atoms with E-state index in [0.717, 1.165) is 58.9 Å². The van der Waals surface area contributed by atoms with Gasteiger partial charge in [0.15, 0.2) is 0 Å². The molecule has 0 spiro atoms. The number of para-hydroxylation sites is 2. The van der Waals surface area contributed by atoms with Crippen molar-refractivity contribution in [1.29, 1.82) is 0 Å². The topological polar surface area (TPSA) is 108 Å². The molecule has 3 N–H and O–H groups in total. The average molecular weight is 617 g/mol. The van der Waals surface area contributed by atoms with Gasteiger partial charge in [-0.05, 0) is 35.4 Å². The van der Waals surface area contributed by atoms with Crippen LogP contribution in [0.4, 0.5) is 0 Å². The number of H-pyrrole nitrogens is 1. The van der Waals surface area contributed by atoms with Crippen molar-refractivity contribution in [2.24, 2.45) is 0 Å². The molecule has 1 aliphatic rings. The fraction of sp³-hybridized carbons (Fsp3) is 0.250. The van der Waals surface area contributed by atoms with Crippen molar-refractivity contribution < 1.29 is 9.53 Å². The Hall–Kier alpha value is -4.02. The lowest BCUT2D eigenvalue weighted by molar-refractivity contribution is 0.0951. The van der Waals surface area contributed by atoms with Gasteiger partial charge < -0.3 is 20.4 Å². The molecule has 1 aliphatic heterocycles. The minimum absolute atomic E-state index is 0.109. The number of imidazole rings is 1. The number of aromatic nitrogens is 4. The van der Waals surface area contributed by atoms with Crippen molar-refractivity contribution in [3.63, 3.8) is 0 Å². The molecule has 1 amide bonds. The van der Waals surface area contributed by atoms with Crippen LogP contribution in [-0.4, -0.2) is 50.4 Å². The number of aromatic amines is 1. The van der Waals surface area contributed by atoms with Gasteiger partial charge in [0.05, 0.1) is 51.5 Å². The molecule has 0 saturated carbocycles. The van der Waals surface area contributed by atoms with Gasteiger partial charge in [-0.25, -0.2) is 4.98 Å². The first kappa shape index (κ1) is 29.1. The third-order valence-corrected chi connectivity index (χ3v) is 8.00. The highest BCUT2D eigenvalue weighted by molar-refractivity contribution is 6.39. The van der Waals surface area contributed by atoms with E-state index >= 15 is 0 Å². The maximum atomic E-state index is 12.8. The Morgan fingerprint density at radius 1 is 1.02 bits per heavy atom. The van der Waals surface area contributed by atoms with Gasteiger partial charge in [-0.3, -0.25) is 19.7 Å². The summed E-state index contributed by atoms with van der Waals surface area (Å²) >= 11 is 12.3. The molecule has 1 atom stereocenters. The first-order valence-electron chi connectivity index (χ1n) is 14.2. The second kappa shape index (κ2) is 13.5. The summed E-state index contributed by atoms with van der Waals surface area (Å²) in [5.41, 5.74) is 5.29. The van der Waals surface area contributed by atoms with Crippen LogP contribution in [0, 0.1) is 0 Å². The van der Waals surface area contributed by atoms with E-state index in [1.807, 2.05) is 54.7 Å². The fourth-order valence-corrected chi connectivity index (χ4v) is 5.92. The Bertz CT molecular complexity index is 1670. The molecule has 0 bridgehead atoms. The number of hydrogen-bond donors (Lipinski definition) is 3. The predicted molar refractivity (Wildman–Crippen MR) is 167 cm³/mol. The summed E-state index contributed by atoms with van der Waals surface area (Å²) in [7, 11) is 0. The van der Waals surface area contributed by atoms with Gasteiger partial charge in [0.1, 0.15) is 11.6 Å². The van der Waals surface area contributed by atoms with Gasteiger partial charge in [-0.1, -0.05) is 59.6 Å². The van der Waals surface area contributed by atoms with E-state index in [-0.39, 0.29) is 27.6 Å². The maximum absolute atomic E-state index is 12.8. The Balaban J connectivity index is 1.14. The molecule has 0 radical (unpaired) electrons. The van der Waals surface area contributed by atoms with Crippen LogP contribution in [0.1, 0.15) is 45.5 Å². The largest absolute Gasteiger partial charge is 0.492 e. The third kappa shape index (κ3) is 6.97. The highest BCUT2D eigenvalue weighted by Crippen LogP contribution is 2.35. The molecule has 1 unspecified atom stereocenters. The quantitative estimate of drug-likeness (QED) is 0.163. The number of amides is 1. The lowest BCUT2D eigenvalue weighted by Crippen LogP contribution is -2.37. The van der Waals surface area contributed by atoms with Crippen molar-refractivity contribution in [2.45, 2.75) is 32.1 Å². The lowest BCUT2D eigenvalue weighted by Gasteiger charge is -2.35. The van der Waals surface area contributed by atoms with Gasteiger partial charge in [-0.2, -0.15) is 0 Å². The highest BCUT2D eigenvalue weighted by atomic mass is 35.5. The lowest BCUT2D eigenvalue weighted by atomic mass is 10.0. The van der Waals surface area contributed by atoms with E-state index in [0.29, 0.717) is 26.2 Å². The first-order chi connectivity index (χ1) is 21.0. The number of nitrogens with zero attached hydrogens (tertiary/aromatic N) is 4. The molecule has 0 saturated heterocycles. The molecule has 0 aliphatic carbocycles. The SMILES string of the molecule is O=C(NCc1cccc(CN(CCNCc2nc3ccccc3[nH]2)C2CCOc3cccnc32)c1)c1c(Cl)cncc1Cl. The Labute approximate surface area is 259 Å². The van der Waals surface area contributed by atoms with Gasteiger partial charge >= 0.3 is 0 Å². The molecule has 5 aromatic rings. The molecular formula is C32H31Cl2N7O2. The van der Waals surface area contributed by atoms with Crippen LogP contribution >= 0.6 is 23.2 Å². The summed E-state index contributed by atoms with van der Waals surface area (Å²) in [5.74, 6) is 1.41. The zero-order valence-electron chi connectivity index (χ0n) is 23.4. The molecule has 0 fully saturated rings. The highest BCUT2D eigenvalue weighted by Gasteiger charge is 2.28. The summed E-state index contributed by atoms with van der Waals surface area (Å²) < 4.78 is 5.91. The number of hydrogen-bond acceptors (Lipinski definition) is 7. The van der Waals surface area contributed by atoms with Crippen molar-refractivity contribution in [3.05, 3.63) is 118 Å². The number of fused-ring (bicyclic) bond motifs is 2. The molecule has 3 aromatic heterocycles. The monoisotopic (exact) mass is 615 g/mol. The number of rotatable bonds is 11. The zero-order valence-corrected chi connectivity index (χ0v) is 24.9. The van der Waals surface area contributed by atoms with E-state index < -0.39 is 0 Å². The van der Waals surface area contributed by atoms with Crippen molar-refractivity contribution in [2.75, 3.05) is 19.7 Å². The van der Waals surface area contributed by atoms with Crippen molar-refractivity contribution in [3.8, 4) is 5.75 Å². The number of ether oxygens (including phenoxy) is 1. The maximum Gasteiger partial charge on any atom is 0.254 e. The summed E-state index contributed by atoms with van der Waals surface area (Å²) in [6.07, 6.45) is 5.48. The normalized spacial score (nSPS) is 14.4. The third-order valence-electron chi connectivity index (χ3n) is 7.42. The van der Waals surface area contributed by atoms with Crippen LogP contribution in [-0.2, 0) is 19.6 Å². The van der Waals surface area contributed by atoms with Gasteiger partial charge in [-0.15, -0.1) is 0 Å². The van der Waals surface area contributed by atoms with Crippen molar-refractivity contribution in [1.82, 2.24) is 35.5 Å². The number of nitrogens with one attached hydrogen (secondary N) is 3. The number of benzene rings is 2. The molecule has 43 heavy (non-hydrogen) atoms. The van der Waals surface area contributed by atoms with Crippen LogP contribution in [0.5, 0.6) is 5.75 Å². The molecule has 4 heterocycles. The van der Waals surface area contributed by atoms with Gasteiger partial charge in [0.25, 0.3) is 5.91 Å². The van der Waals surface area contributed by atoms with E-state index in [4.69, 9.17) is 32.9 Å². The first-order valence-corrected chi connectivity index (χ1v) is 14.9. The Morgan fingerprint density at radius 3 is 2.72 bits per heavy atom. The smallest absolute Gasteiger partial charge is 0.254 e. The van der Waals surface area contributed by atoms with E-state index in [9.17, 15) is 4.79 Å². The number of pyridine rings is 2. The van der Waals surface area contributed by atoms with Crippen LogP contribution in [0.15, 0.2) is 79.3 Å². The minimum atomic E-state index is -0.343. The average Bonchev–Trinajstić information content (AvgIpc) is 3.44. The van der Waals surface area contributed by atoms with Crippen LogP contribution in [0.3, 0.4) is 0 Å². The Morgan fingerprint density at radius 2 is 1.86 bits per heavy atom. The van der Waals surface area contributed by atoms with Gasteiger partial charge in [0, 0.05) is 51.2 Å². The summed E-state index contributed by atoms with van der Waals surface area (Å²) in [6, 6.07) is 20.3. The summed E-state index contributed by atoms with van der Waals surface area (Å²) in [5, 5.41) is 6.91. The van der Waals surface area contributed by atoms with Crippen LogP contribution < -0.4 is 15.4 Å². The number of carbonyl (C=O) groups excluding carboxylic acids is 1. The number of halogens is 2. The molecular weight excluding hydrogens is 585 g/mol. The predicted octanol–water partition coefficient (Wildman–Crippen LogP) is 5.71. The van der Waals surface area contributed by atoms with Crippen LogP contribution in [0.2, 0.25) is 10.0 Å². The Kier molecular flexibility index (Phi) is 9.14. The molecule has 6 rings (SSSR count). The van der Waals surface area contributed by atoms with Crippen molar-refractivity contribution >= 4 is 40.1 Å². The van der Waals surface area contributed by atoms with E-state index in [2.05, 4.69) is 42.6 Å². The van der Waals surface area contributed by atoms with Gasteiger partial charge in [0.2, 0.25) is 0 Å². The number of carbonyl (C=O) groups is 1. The minimum Gasteiger partial charge on any atom is -0.492 e. The molecule has 220 valence electrons. The van der Waals surface area contributed by atoms with Crippen LogP contribution in [0.25, 0.3) is 11.0 Å². The fourth-order valence-electron chi connectivity index (χ4n) is 5.38. The zero-order chi connectivity index (χ0) is 29.6. The summed E-state index contributed by atoms with van der Waals surface area (Å²) in [4.78, 5) is 31.9. The summed E-state index contributed by atoms with van der Waals surface area (Å²) in [6.45, 7) is 3.88. The molecule has 2 aromatic carbocycles. The van der Waals surface area contributed by atoms with E-state index in [1.54, 1.807) is 0 Å². The second-order valence-electron chi connectivity index (χ2n) is 10.4. The second-order valence-corrected chi connectivity index (χ2v) is 11.2. The van der Waals surface area contributed by atoms with E-state index in [1.165, 1.54) is 12.4 Å².